The minimum absolute atomic E-state index is 0.120. The maximum absolute atomic E-state index is 12.2. The molecule has 2 rings (SSSR count). The topological polar surface area (TPSA) is 89.8 Å². The Bertz CT molecular complexity index is 758. The first-order valence-corrected chi connectivity index (χ1v) is 9.54. The van der Waals surface area contributed by atoms with Crippen molar-refractivity contribution in [3.8, 4) is 11.5 Å². The molecule has 7 nitrogen and oxygen atoms in total. The van der Waals surface area contributed by atoms with Gasteiger partial charge in [0, 0.05) is 0 Å². The molecular formula is C21H28N2O5. The highest BCUT2D eigenvalue weighted by Gasteiger charge is 2.15. The molecule has 0 aliphatic rings. The molecule has 0 radical (unpaired) electrons. The van der Waals surface area contributed by atoms with E-state index in [-0.39, 0.29) is 24.4 Å². The van der Waals surface area contributed by atoms with Crippen molar-refractivity contribution in [1.29, 1.82) is 0 Å². The summed E-state index contributed by atoms with van der Waals surface area (Å²) in [7, 11) is 0. The van der Waals surface area contributed by atoms with Crippen LogP contribution in [0.4, 0.5) is 0 Å². The molecule has 0 aliphatic heterocycles. The lowest BCUT2D eigenvalue weighted by Gasteiger charge is -2.18. The van der Waals surface area contributed by atoms with Gasteiger partial charge in [-0.1, -0.05) is 19.9 Å². The Hall–Kier alpha value is -2.96. The predicted octanol–water partition coefficient (Wildman–Crippen LogP) is 3.46. The lowest BCUT2D eigenvalue weighted by molar-refractivity contribution is -0.120. The number of ether oxygens (including phenoxy) is 2. The Morgan fingerprint density at radius 1 is 1.07 bits per heavy atom. The van der Waals surface area contributed by atoms with Crippen LogP contribution in [0.2, 0.25) is 0 Å². The largest absolute Gasteiger partial charge is 0.490 e. The van der Waals surface area contributed by atoms with Gasteiger partial charge in [0.15, 0.2) is 11.5 Å². The van der Waals surface area contributed by atoms with Crippen molar-refractivity contribution < 1.29 is 23.5 Å². The summed E-state index contributed by atoms with van der Waals surface area (Å²) in [6, 6.07) is 6.94. The summed E-state index contributed by atoms with van der Waals surface area (Å²) >= 11 is 0. The van der Waals surface area contributed by atoms with Crippen LogP contribution in [0.5, 0.6) is 11.5 Å². The molecule has 0 aliphatic carbocycles. The van der Waals surface area contributed by atoms with Crippen LogP contribution in [0.1, 0.15) is 55.6 Å². The average molecular weight is 388 g/mol. The zero-order chi connectivity index (χ0) is 20.4. The molecular weight excluding hydrogens is 360 g/mol. The molecule has 2 aromatic rings. The number of hydrogen-bond donors (Lipinski definition) is 2. The van der Waals surface area contributed by atoms with Gasteiger partial charge in [-0.3, -0.25) is 9.59 Å². The number of benzene rings is 1. The van der Waals surface area contributed by atoms with E-state index in [0.717, 1.165) is 18.4 Å². The molecule has 28 heavy (non-hydrogen) atoms. The molecule has 1 aromatic heterocycles. The fourth-order valence-electron chi connectivity index (χ4n) is 2.48. The van der Waals surface area contributed by atoms with Crippen LogP contribution in [0.25, 0.3) is 0 Å². The molecule has 2 amide bonds. The van der Waals surface area contributed by atoms with Crippen molar-refractivity contribution in [2.45, 2.75) is 39.7 Å². The smallest absolute Gasteiger partial charge is 0.254 e. The first-order valence-electron chi connectivity index (χ1n) is 9.54. The van der Waals surface area contributed by atoms with Gasteiger partial charge in [-0.25, -0.2) is 0 Å². The minimum atomic E-state index is -0.357. The molecule has 1 aromatic carbocycles. The van der Waals surface area contributed by atoms with E-state index in [9.17, 15) is 9.59 Å². The molecule has 1 heterocycles. The molecule has 7 heteroatoms. The number of rotatable bonds is 11. The van der Waals surface area contributed by atoms with Gasteiger partial charge in [-0.2, -0.15) is 0 Å². The highest BCUT2D eigenvalue weighted by molar-refractivity contribution is 5.96. The number of furan rings is 1. The SMILES string of the molecule is CCCOc1ccc(C(C)NC(=O)CNC(=O)c2ccoc2)cc1OCCC. The van der Waals surface area contributed by atoms with E-state index in [2.05, 4.69) is 10.6 Å². The van der Waals surface area contributed by atoms with Gasteiger partial charge in [0.1, 0.15) is 6.26 Å². The second kappa shape index (κ2) is 11.0. The Balaban J connectivity index is 1.95. The zero-order valence-corrected chi connectivity index (χ0v) is 16.6. The van der Waals surface area contributed by atoms with Crippen LogP contribution < -0.4 is 20.1 Å². The summed E-state index contributed by atoms with van der Waals surface area (Å²) < 4.78 is 16.4. The van der Waals surface area contributed by atoms with Gasteiger partial charge in [-0.15, -0.1) is 0 Å². The van der Waals surface area contributed by atoms with E-state index in [1.165, 1.54) is 18.6 Å². The van der Waals surface area contributed by atoms with E-state index in [1.54, 1.807) is 0 Å². The first-order chi connectivity index (χ1) is 13.5. The van der Waals surface area contributed by atoms with Gasteiger partial charge in [0.05, 0.1) is 37.6 Å². The zero-order valence-electron chi connectivity index (χ0n) is 16.6. The number of amides is 2. The molecule has 0 spiro atoms. The standard InChI is InChI=1S/C21H28N2O5/c1-4-9-27-18-7-6-16(12-19(18)28-10-5-2)15(3)23-20(24)13-22-21(25)17-8-11-26-14-17/h6-8,11-12,14-15H,4-5,9-10,13H2,1-3H3,(H,22,25)(H,23,24). The first kappa shape index (κ1) is 21.3. The quantitative estimate of drug-likeness (QED) is 0.615. The minimum Gasteiger partial charge on any atom is -0.490 e. The van der Waals surface area contributed by atoms with Gasteiger partial charge in [0.25, 0.3) is 5.91 Å². The van der Waals surface area contributed by atoms with Crippen LogP contribution >= 0.6 is 0 Å². The third kappa shape index (κ3) is 6.33. The van der Waals surface area contributed by atoms with E-state index >= 15 is 0 Å². The Morgan fingerprint density at radius 3 is 2.43 bits per heavy atom. The summed E-state index contributed by atoms with van der Waals surface area (Å²) in [4.78, 5) is 24.0. The van der Waals surface area contributed by atoms with E-state index in [1.807, 2.05) is 39.0 Å². The summed E-state index contributed by atoms with van der Waals surface area (Å²) in [5, 5.41) is 5.43. The molecule has 0 saturated heterocycles. The molecule has 152 valence electrons. The molecule has 1 unspecified atom stereocenters. The molecule has 2 N–H and O–H groups in total. The Labute approximate surface area is 165 Å². The number of hydrogen-bond acceptors (Lipinski definition) is 5. The highest BCUT2D eigenvalue weighted by Crippen LogP contribution is 2.31. The third-order valence-electron chi connectivity index (χ3n) is 3.96. The monoisotopic (exact) mass is 388 g/mol. The van der Waals surface area contributed by atoms with Crippen molar-refractivity contribution in [2.75, 3.05) is 19.8 Å². The summed E-state index contributed by atoms with van der Waals surface area (Å²) in [5.74, 6) is 0.725. The lowest BCUT2D eigenvalue weighted by Crippen LogP contribution is -2.37. The lowest BCUT2D eigenvalue weighted by atomic mass is 10.1. The van der Waals surface area contributed by atoms with Crippen molar-refractivity contribution in [3.63, 3.8) is 0 Å². The summed E-state index contributed by atoms with van der Waals surface area (Å²) in [6.07, 6.45) is 4.53. The fraction of sp³-hybridized carbons (Fsp3) is 0.429. The van der Waals surface area contributed by atoms with Crippen LogP contribution in [-0.2, 0) is 4.79 Å². The Morgan fingerprint density at radius 2 is 1.79 bits per heavy atom. The Kier molecular flexibility index (Phi) is 8.39. The summed E-state index contributed by atoms with van der Waals surface area (Å²) in [5.41, 5.74) is 1.27. The second-order valence-electron chi connectivity index (χ2n) is 6.39. The molecule has 0 saturated carbocycles. The van der Waals surface area contributed by atoms with E-state index in [4.69, 9.17) is 13.9 Å². The van der Waals surface area contributed by atoms with Crippen LogP contribution in [0.3, 0.4) is 0 Å². The number of nitrogens with one attached hydrogen (secondary N) is 2. The van der Waals surface area contributed by atoms with Gasteiger partial charge in [-0.05, 0) is 43.5 Å². The highest BCUT2D eigenvalue weighted by atomic mass is 16.5. The van der Waals surface area contributed by atoms with Crippen LogP contribution in [-0.4, -0.2) is 31.6 Å². The van der Waals surface area contributed by atoms with Crippen LogP contribution in [0.15, 0.2) is 41.2 Å². The van der Waals surface area contributed by atoms with Crippen LogP contribution in [0, 0.1) is 0 Å². The maximum atomic E-state index is 12.2. The van der Waals surface area contributed by atoms with Gasteiger partial charge in [0.2, 0.25) is 5.91 Å². The molecule has 0 fully saturated rings. The normalized spacial score (nSPS) is 11.5. The van der Waals surface area contributed by atoms with Crippen molar-refractivity contribution in [1.82, 2.24) is 10.6 Å². The third-order valence-corrected chi connectivity index (χ3v) is 3.96. The van der Waals surface area contributed by atoms with Crippen molar-refractivity contribution in [2.24, 2.45) is 0 Å². The molecule has 1 atom stereocenters. The van der Waals surface area contributed by atoms with Crippen molar-refractivity contribution in [3.05, 3.63) is 47.9 Å². The van der Waals surface area contributed by atoms with E-state index in [0.29, 0.717) is 30.3 Å². The van der Waals surface area contributed by atoms with Crippen molar-refractivity contribution >= 4 is 11.8 Å². The summed E-state index contributed by atoms with van der Waals surface area (Å²) in [6.45, 7) is 7.05. The van der Waals surface area contributed by atoms with E-state index < -0.39 is 0 Å². The maximum Gasteiger partial charge on any atom is 0.254 e. The predicted molar refractivity (Wildman–Crippen MR) is 106 cm³/mol. The molecule has 0 bridgehead atoms. The van der Waals surface area contributed by atoms with Gasteiger partial charge >= 0.3 is 0 Å². The van der Waals surface area contributed by atoms with Gasteiger partial charge < -0.3 is 24.5 Å². The fourth-order valence-corrected chi connectivity index (χ4v) is 2.48. The number of carbonyl (C=O) groups excluding carboxylic acids is 2. The average Bonchev–Trinajstić information content (AvgIpc) is 3.24. The number of carbonyl (C=O) groups is 2. The second-order valence-corrected chi connectivity index (χ2v) is 6.39.